The number of aromatic nitrogens is 2. The average Bonchev–Trinajstić information content (AvgIpc) is 3.14. The zero-order valence-electron chi connectivity index (χ0n) is 17.2. The number of anilines is 1. The van der Waals surface area contributed by atoms with Crippen molar-refractivity contribution in [1.82, 2.24) is 15.1 Å². The van der Waals surface area contributed by atoms with Crippen LogP contribution in [0.5, 0.6) is 5.75 Å². The summed E-state index contributed by atoms with van der Waals surface area (Å²) in [6, 6.07) is 15.7. The number of nitrogens with zero attached hydrogens (tertiary/aromatic N) is 3. The number of halogens is 1. The van der Waals surface area contributed by atoms with Crippen LogP contribution in [0, 0.1) is 6.92 Å². The number of hydrogen-bond donors (Lipinski definition) is 1. The quantitative estimate of drug-likeness (QED) is 0.585. The number of benzene rings is 2. The number of carbonyl (C=O) groups is 1. The zero-order chi connectivity index (χ0) is 21.1. The smallest absolute Gasteiger partial charge is 0.251 e. The highest BCUT2D eigenvalue weighted by Crippen LogP contribution is 2.24. The lowest BCUT2D eigenvalue weighted by Crippen LogP contribution is -2.31. The summed E-state index contributed by atoms with van der Waals surface area (Å²) in [5.74, 6) is 1.82. The summed E-state index contributed by atoms with van der Waals surface area (Å²) < 4.78 is 8.40. The first-order chi connectivity index (χ1) is 14.5. The van der Waals surface area contributed by atoms with Crippen molar-refractivity contribution in [2.45, 2.75) is 33.0 Å². The summed E-state index contributed by atoms with van der Waals surface area (Å²) in [6.07, 6.45) is 1.09. The van der Waals surface area contributed by atoms with Crippen LogP contribution in [0.25, 0.3) is 0 Å². The van der Waals surface area contributed by atoms with E-state index in [9.17, 15) is 4.79 Å². The van der Waals surface area contributed by atoms with Crippen molar-refractivity contribution < 1.29 is 9.53 Å². The van der Waals surface area contributed by atoms with Gasteiger partial charge in [-0.25, -0.2) is 4.68 Å². The van der Waals surface area contributed by atoms with E-state index in [4.69, 9.17) is 4.74 Å². The van der Waals surface area contributed by atoms with Crippen LogP contribution in [0.2, 0.25) is 0 Å². The number of nitrogens with one attached hydrogen (secondary N) is 1. The molecule has 1 amide bonds. The molecule has 0 spiro atoms. The van der Waals surface area contributed by atoms with Crippen molar-refractivity contribution in [2.75, 3.05) is 18.6 Å². The fourth-order valence-electron chi connectivity index (χ4n) is 3.78. The van der Waals surface area contributed by atoms with Crippen LogP contribution in [0.4, 0.5) is 5.82 Å². The van der Waals surface area contributed by atoms with Crippen LogP contribution in [-0.2, 0) is 19.6 Å². The molecular formula is C23H25BrN4O2. The maximum absolute atomic E-state index is 12.6. The van der Waals surface area contributed by atoms with Crippen molar-refractivity contribution in [3.63, 3.8) is 0 Å². The summed E-state index contributed by atoms with van der Waals surface area (Å²) in [5, 5.41) is 7.53. The van der Waals surface area contributed by atoms with E-state index in [1.165, 1.54) is 11.4 Å². The normalized spacial score (nSPS) is 13.1. The van der Waals surface area contributed by atoms with Gasteiger partial charge < -0.3 is 15.0 Å². The van der Waals surface area contributed by atoms with E-state index in [-0.39, 0.29) is 5.91 Å². The van der Waals surface area contributed by atoms with E-state index >= 15 is 0 Å². The maximum atomic E-state index is 12.6. The molecule has 7 heteroatoms. The highest BCUT2D eigenvalue weighted by atomic mass is 79.9. The second-order valence-electron chi connectivity index (χ2n) is 7.48. The summed E-state index contributed by atoms with van der Waals surface area (Å²) in [7, 11) is 1.63. The fourth-order valence-corrected chi connectivity index (χ4v) is 4.19. The molecular weight excluding hydrogens is 444 g/mol. The zero-order valence-corrected chi connectivity index (χ0v) is 18.8. The van der Waals surface area contributed by atoms with Gasteiger partial charge in [-0.1, -0.05) is 28.1 Å². The van der Waals surface area contributed by atoms with E-state index in [0.29, 0.717) is 12.1 Å². The summed E-state index contributed by atoms with van der Waals surface area (Å²) in [4.78, 5) is 14.9. The van der Waals surface area contributed by atoms with Crippen LogP contribution in [-0.4, -0.2) is 29.3 Å². The molecule has 1 aliphatic heterocycles. The number of methoxy groups -OCH3 is 1. The van der Waals surface area contributed by atoms with Crippen LogP contribution in [0.15, 0.2) is 53.0 Å². The molecule has 1 aliphatic rings. The van der Waals surface area contributed by atoms with Crippen LogP contribution >= 0.6 is 15.9 Å². The van der Waals surface area contributed by atoms with Gasteiger partial charge in [-0.15, -0.1) is 0 Å². The Bertz CT molecular complexity index is 1050. The number of rotatable bonds is 6. The van der Waals surface area contributed by atoms with Crippen molar-refractivity contribution in [1.29, 1.82) is 0 Å². The SMILES string of the molecule is COc1ccc(Br)cc1CNC(=O)c1ccc(CN2CCCn3nc(C)cc32)cc1. The second kappa shape index (κ2) is 8.92. The molecule has 30 heavy (non-hydrogen) atoms. The molecule has 156 valence electrons. The van der Waals surface area contributed by atoms with Gasteiger partial charge in [-0.3, -0.25) is 4.79 Å². The van der Waals surface area contributed by atoms with Gasteiger partial charge in [0.25, 0.3) is 5.91 Å². The average molecular weight is 469 g/mol. The highest BCUT2D eigenvalue weighted by Gasteiger charge is 2.18. The van der Waals surface area contributed by atoms with Gasteiger partial charge >= 0.3 is 0 Å². The van der Waals surface area contributed by atoms with Gasteiger partial charge in [0.05, 0.1) is 12.8 Å². The predicted octanol–water partition coefficient (Wildman–Crippen LogP) is 4.30. The molecule has 6 nitrogen and oxygen atoms in total. The number of carbonyl (C=O) groups excluding carboxylic acids is 1. The number of fused-ring (bicyclic) bond motifs is 1. The third-order valence-corrected chi connectivity index (χ3v) is 5.77. The first-order valence-corrected chi connectivity index (χ1v) is 10.8. The Kier molecular flexibility index (Phi) is 6.08. The molecule has 1 aromatic heterocycles. The standard InChI is InChI=1S/C23H25BrN4O2/c1-16-12-22-27(10-3-11-28(22)26-16)15-17-4-6-18(7-5-17)23(29)25-14-19-13-20(24)8-9-21(19)30-2/h4-9,12-13H,3,10-11,14-15H2,1-2H3,(H,25,29). The molecule has 0 saturated heterocycles. The van der Waals surface area contributed by atoms with E-state index < -0.39 is 0 Å². The minimum absolute atomic E-state index is 0.102. The van der Waals surface area contributed by atoms with Gasteiger partial charge in [-0.2, -0.15) is 5.10 Å². The van der Waals surface area contributed by atoms with Crippen LogP contribution in [0.1, 0.15) is 33.6 Å². The Morgan fingerprint density at radius 3 is 2.73 bits per heavy atom. The molecule has 2 heterocycles. The highest BCUT2D eigenvalue weighted by molar-refractivity contribution is 9.10. The van der Waals surface area contributed by atoms with E-state index in [2.05, 4.69) is 42.0 Å². The van der Waals surface area contributed by atoms with Gasteiger partial charge in [0.1, 0.15) is 11.6 Å². The van der Waals surface area contributed by atoms with E-state index in [0.717, 1.165) is 47.5 Å². The lowest BCUT2D eigenvalue weighted by molar-refractivity contribution is 0.0950. The number of aryl methyl sites for hydroxylation is 2. The lowest BCUT2D eigenvalue weighted by atomic mass is 10.1. The molecule has 0 aliphatic carbocycles. The summed E-state index contributed by atoms with van der Waals surface area (Å²) >= 11 is 3.46. The van der Waals surface area contributed by atoms with Gasteiger partial charge in [0.2, 0.25) is 0 Å². The number of hydrogen-bond acceptors (Lipinski definition) is 4. The Morgan fingerprint density at radius 1 is 1.17 bits per heavy atom. The Labute approximate surface area is 185 Å². The molecule has 0 unspecified atom stereocenters. The maximum Gasteiger partial charge on any atom is 0.251 e. The van der Waals surface area contributed by atoms with Gasteiger partial charge in [0.15, 0.2) is 0 Å². The second-order valence-corrected chi connectivity index (χ2v) is 8.39. The lowest BCUT2D eigenvalue weighted by Gasteiger charge is -2.29. The third kappa shape index (κ3) is 4.51. The first kappa shape index (κ1) is 20.5. The molecule has 1 N–H and O–H groups in total. The van der Waals surface area contributed by atoms with Gasteiger partial charge in [0, 0.05) is 47.8 Å². The molecule has 0 atom stereocenters. The van der Waals surface area contributed by atoms with Crippen molar-refractivity contribution in [3.8, 4) is 5.75 Å². The molecule has 4 rings (SSSR count). The molecule has 0 bridgehead atoms. The minimum atomic E-state index is -0.102. The fraction of sp³-hybridized carbons (Fsp3) is 0.304. The molecule has 2 aromatic carbocycles. The Morgan fingerprint density at radius 2 is 1.97 bits per heavy atom. The Hall–Kier alpha value is -2.80. The summed E-state index contributed by atoms with van der Waals surface area (Å²) in [5.41, 5.74) is 3.79. The molecule has 3 aromatic rings. The van der Waals surface area contributed by atoms with Crippen molar-refractivity contribution in [3.05, 3.63) is 75.4 Å². The molecule has 0 radical (unpaired) electrons. The van der Waals surface area contributed by atoms with Gasteiger partial charge in [-0.05, 0) is 49.2 Å². The summed E-state index contributed by atoms with van der Waals surface area (Å²) in [6.45, 7) is 5.23. The largest absolute Gasteiger partial charge is 0.496 e. The first-order valence-electron chi connectivity index (χ1n) is 10.0. The topological polar surface area (TPSA) is 59.4 Å². The van der Waals surface area contributed by atoms with Crippen LogP contribution < -0.4 is 15.0 Å². The number of amides is 1. The Balaban J connectivity index is 1.39. The predicted molar refractivity (Wildman–Crippen MR) is 121 cm³/mol. The van der Waals surface area contributed by atoms with E-state index in [1.54, 1.807) is 7.11 Å². The minimum Gasteiger partial charge on any atom is -0.496 e. The third-order valence-electron chi connectivity index (χ3n) is 5.27. The van der Waals surface area contributed by atoms with E-state index in [1.807, 2.05) is 49.4 Å². The van der Waals surface area contributed by atoms with Crippen molar-refractivity contribution in [2.24, 2.45) is 0 Å². The van der Waals surface area contributed by atoms with Crippen molar-refractivity contribution >= 4 is 27.7 Å². The van der Waals surface area contributed by atoms with Crippen LogP contribution in [0.3, 0.4) is 0 Å². The molecule has 0 fully saturated rings. The molecule has 0 saturated carbocycles. The monoisotopic (exact) mass is 468 g/mol. The number of ether oxygens (including phenoxy) is 1.